The van der Waals surface area contributed by atoms with Gasteiger partial charge < -0.3 is 4.42 Å². The van der Waals surface area contributed by atoms with Crippen molar-refractivity contribution in [3.05, 3.63) is 47.5 Å². The lowest BCUT2D eigenvalue weighted by Crippen LogP contribution is -1.93. The third kappa shape index (κ3) is 4.00. The van der Waals surface area contributed by atoms with Crippen molar-refractivity contribution in [1.82, 2.24) is 0 Å². The Balaban J connectivity index is 1.79. The lowest BCUT2D eigenvalue weighted by atomic mass is 9.99. The lowest BCUT2D eigenvalue weighted by Gasteiger charge is -2.06. The molecule has 2 aromatic rings. The molecule has 0 saturated carbocycles. The maximum Gasteiger partial charge on any atom is 0.134 e. The predicted molar refractivity (Wildman–Crippen MR) is 88.4 cm³/mol. The molecule has 1 aromatic heterocycles. The fourth-order valence-electron chi connectivity index (χ4n) is 3.31. The molecular formula is C20H25FO. The summed E-state index contributed by atoms with van der Waals surface area (Å²) in [5.41, 5.74) is 2.33. The largest absolute Gasteiger partial charge is 0.461 e. The summed E-state index contributed by atoms with van der Waals surface area (Å²) in [5, 5.41) is 0. The molecule has 2 heteroatoms. The second-order valence-electron chi connectivity index (χ2n) is 6.39. The van der Waals surface area contributed by atoms with Crippen molar-refractivity contribution in [2.45, 2.75) is 64.2 Å². The number of benzene rings is 1. The summed E-state index contributed by atoms with van der Waals surface area (Å²) in [5.74, 6) is 1.84. The highest BCUT2D eigenvalue weighted by Gasteiger charge is 2.13. The van der Waals surface area contributed by atoms with Gasteiger partial charge in [0.2, 0.25) is 0 Å². The Morgan fingerprint density at radius 2 is 1.32 bits per heavy atom. The molecule has 0 fully saturated rings. The van der Waals surface area contributed by atoms with E-state index in [1.54, 1.807) is 12.1 Å². The van der Waals surface area contributed by atoms with Crippen molar-refractivity contribution in [2.75, 3.05) is 0 Å². The summed E-state index contributed by atoms with van der Waals surface area (Å²) < 4.78 is 19.2. The Morgan fingerprint density at radius 3 is 2.00 bits per heavy atom. The van der Waals surface area contributed by atoms with Gasteiger partial charge >= 0.3 is 0 Å². The molecule has 0 bridgehead atoms. The molecule has 1 aliphatic carbocycles. The van der Waals surface area contributed by atoms with Crippen molar-refractivity contribution in [1.29, 1.82) is 0 Å². The number of rotatable bonds is 1. The Labute approximate surface area is 132 Å². The molecular weight excluding hydrogens is 275 g/mol. The minimum absolute atomic E-state index is 0.200. The highest BCUT2D eigenvalue weighted by atomic mass is 19.1. The van der Waals surface area contributed by atoms with Crippen LogP contribution in [0.15, 0.2) is 34.7 Å². The third-order valence-corrected chi connectivity index (χ3v) is 4.63. The van der Waals surface area contributed by atoms with E-state index in [0.717, 1.165) is 29.9 Å². The molecule has 22 heavy (non-hydrogen) atoms. The number of furan rings is 1. The van der Waals surface area contributed by atoms with Gasteiger partial charge in [-0.15, -0.1) is 0 Å². The molecule has 1 aliphatic rings. The van der Waals surface area contributed by atoms with Crippen LogP contribution in [0.25, 0.3) is 11.3 Å². The molecule has 3 rings (SSSR count). The fraction of sp³-hybridized carbons (Fsp3) is 0.500. The van der Waals surface area contributed by atoms with Crippen LogP contribution >= 0.6 is 0 Å². The Kier molecular flexibility index (Phi) is 5.31. The maximum absolute atomic E-state index is 13.1. The van der Waals surface area contributed by atoms with Crippen molar-refractivity contribution in [3.63, 3.8) is 0 Å². The summed E-state index contributed by atoms with van der Waals surface area (Å²) in [6, 6.07) is 8.78. The van der Waals surface area contributed by atoms with E-state index in [9.17, 15) is 4.39 Å². The van der Waals surface area contributed by atoms with Gasteiger partial charge in [0.25, 0.3) is 0 Å². The summed E-state index contributed by atoms with van der Waals surface area (Å²) in [6.07, 6.45) is 12.7. The van der Waals surface area contributed by atoms with Gasteiger partial charge in [0, 0.05) is 12.0 Å². The quantitative estimate of drug-likeness (QED) is 0.602. The summed E-state index contributed by atoms with van der Waals surface area (Å²) >= 11 is 0. The Bertz CT molecular complexity index is 553. The normalized spacial score (nSPS) is 17.3. The number of hydrogen-bond donors (Lipinski definition) is 0. The van der Waals surface area contributed by atoms with Crippen LogP contribution in [0.1, 0.15) is 62.7 Å². The van der Waals surface area contributed by atoms with E-state index in [4.69, 9.17) is 4.42 Å². The van der Waals surface area contributed by atoms with Gasteiger partial charge in [-0.2, -0.15) is 0 Å². The van der Waals surface area contributed by atoms with Crippen molar-refractivity contribution >= 4 is 0 Å². The van der Waals surface area contributed by atoms with E-state index in [1.807, 2.05) is 0 Å². The minimum atomic E-state index is -0.200. The molecule has 0 saturated heterocycles. The van der Waals surface area contributed by atoms with E-state index in [-0.39, 0.29) is 5.82 Å². The van der Waals surface area contributed by atoms with Crippen LogP contribution in [0.5, 0.6) is 0 Å². The zero-order valence-corrected chi connectivity index (χ0v) is 13.2. The number of halogens is 1. The van der Waals surface area contributed by atoms with Gasteiger partial charge in [-0.25, -0.2) is 4.39 Å². The van der Waals surface area contributed by atoms with Crippen molar-refractivity contribution < 1.29 is 8.81 Å². The van der Waals surface area contributed by atoms with Crippen LogP contribution in [-0.4, -0.2) is 0 Å². The molecule has 118 valence electrons. The van der Waals surface area contributed by atoms with Crippen LogP contribution in [-0.2, 0) is 12.8 Å². The highest BCUT2D eigenvalue weighted by molar-refractivity contribution is 5.58. The topological polar surface area (TPSA) is 13.1 Å². The highest BCUT2D eigenvalue weighted by Crippen LogP contribution is 2.29. The van der Waals surface area contributed by atoms with Crippen molar-refractivity contribution in [2.24, 2.45) is 0 Å². The summed E-state index contributed by atoms with van der Waals surface area (Å²) in [4.78, 5) is 0. The van der Waals surface area contributed by atoms with E-state index in [0.29, 0.717) is 0 Å². The van der Waals surface area contributed by atoms with Crippen molar-refractivity contribution in [3.8, 4) is 11.3 Å². The first-order valence-corrected chi connectivity index (χ1v) is 8.70. The lowest BCUT2D eigenvalue weighted by molar-refractivity contribution is 0.488. The Morgan fingerprint density at radius 1 is 0.727 bits per heavy atom. The molecule has 0 spiro atoms. The fourth-order valence-corrected chi connectivity index (χ4v) is 3.31. The van der Waals surface area contributed by atoms with Crippen LogP contribution in [0.2, 0.25) is 0 Å². The van der Waals surface area contributed by atoms with Crippen LogP contribution in [0, 0.1) is 5.82 Å². The van der Waals surface area contributed by atoms with Crippen LogP contribution in [0.3, 0.4) is 0 Å². The Hall–Kier alpha value is -1.57. The first-order chi connectivity index (χ1) is 10.8. The zero-order valence-electron chi connectivity index (χ0n) is 13.2. The second-order valence-corrected chi connectivity index (χ2v) is 6.39. The summed E-state index contributed by atoms with van der Waals surface area (Å²) in [6.45, 7) is 0. The zero-order chi connectivity index (χ0) is 15.2. The van der Waals surface area contributed by atoms with E-state index >= 15 is 0 Å². The second kappa shape index (κ2) is 7.62. The number of hydrogen-bond acceptors (Lipinski definition) is 1. The molecule has 1 aromatic carbocycles. The van der Waals surface area contributed by atoms with Gasteiger partial charge in [-0.05, 0) is 55.2 Å². The van der Waals surface area contributed by atoms with E-state index < -0.39 is 0 Å². The summed E-state index contributed by atoms with van der Waals surface area (Å²) in [7, 11) is 0. The molecule has 1 heterocycles. The molecule has 0 unspecified atom stereocenters. The number of aryl methyl sites for hydroxylation is 2. The van der Waals surface area contributed by atoms with E-state index in [2.05, 4.69) is 6.07 Å². The first kappa shape index (κ1) is 15.3. The van der Waals surface area contributed by atoms with Crippen LogP contribution in [0.4, 0.5) is 4.39 Å². The van der Waals surface area contributed by atoms with Gasteiger partial charge in [-0.1, -0.05) is 38.5 Å². The standard InChI is InChI=1S/C20H25FO/c21-18-13-11-16(12-14-18)20-15-17-9-7-5-3-1-2-4-6-8-10-19(17)22-20/h11-15H,1-10H2. The smallest absolute Gasteiger partial charge is 0.134 e. The molecule has 0 aliphatic heterocycles. The molecule has 0 atom stereocenters. The van der Waals surface area contributed by atoms with Gasteiger partial charge in [0.05, 0.1) is 0 Å². The molecule has 0 N–H and O–H groups in total. The molecule has 1 nitrogen and oxygen atoms in total. The molecule has 0 amide bonds. The average Bonchev–Trinajstić information content (AvgIpc) is 2.91. The average molecular weight is 300 g/mol. The minimum Gasteiger partial charge on any atom is -0.461 e. The van der Waals surface area contributed by atoms with Gasteiger partial charge in [0.1, 0.15) is 17.3 Å². The van der Waals surface area contributed by atoms with E-state index in [1.165, 1.54) is 69.1 Å². The molecule has 0 radical (unpaired) electrons. The number of fused-ring (bicyclic) bond motifs is 1. The monoisotopic (exact) mass is 300 g/mol. The maximum atomic E-state index is 13.1. The van der Waals surface area contributed by atoms with Gasteiger partial charge in [0.15, 0.2) is 0 Å². The SMILES string of the molecule is Fc1ccc(-c2cc3c(o2)CCCCCCCCCC3)cc1. The van der Waals surface area contributed by atoms with Gasteiger partial charge in [-0.3, -0.25) is 0 Å². The predicted octanol–water partition coefficient (Wildman–Crippen LogP) is 6.31. The third-order valence-electron chi connectivity index (χ3n) is 4.63. The first-order valence-electron chi connectivity index (χ1n) is 8.70. The van der Waals surface area contributed by atoms with Crippen LogP contribution < -0.4 is 0 Å².